The quantitative estimate of drug-likeness (QED) is 0.823. The van der Waals surface area contributed by atoms with Crippen molar-refractivity contribution in [2.45, 2.75) is 31.7 Å². The van der Waals surface area contributed by atoms with Crippen LogP contribution >= 0.6 is 0 Å². The van der Waals surface area contributed by atoms with Crippen LogP contribution in [0.1, 0.15) is 25.0 Å². The van der Waals surface area contributed by atoms with Gasteiger partial charge in [-0.05, 0) is 25.1 Å². The van der Waals surface area contributed by atoms with E-state index in [1.165, 1.54) is 22.9 Å². The highest BCUT2D eigenvalue weighted by Gasteiger charge is 2.59. The van der Waals surface area contributed by atoms with Gasteiger partial charge in [-0.1, -0.05) is 0 Å². The number of hydrogen-bond acceptors (Lipinski definition) is 4. The molecule has 0 radical (unpaired) electrons. The van der Waals surface area contributed by atoms with Crippen molar-refractivity contribution in [1.29, 1.82) is 0 Å². The average Bonchev–Trinajstić information content (AvgIpc) is 2.92. The van der Waals surface area contributed by atoms with Gasteiger partial charge in [0.15, 0.2) is 5.82 Å². The zero-order valence-electron chi connectivity index (χ0n) is 14.1. The standard InChI is InChI=1S/C16H15F3N4O3S/c1-2-22-11(9-6-16(9,18)19)5-10(20-22)8-3-4-12(24)15(14(8)17)23-7-13(25)21-27(23)26/h3-5,9,24H,2,6-7H2,1H3,(H,21,25). The number of carbonyl (C=O) groups excluding carboxylic acids is 1. The van der Waals surface area contributed by atoms with Crippen LogP contribution in [0.15, 0.2) is 18.2 Å². The van der Waals surface area contributed by atoms with Crippen LogP contribution in [0.4, 0.5) is 18.9 Å². The third-order valence-electron chi connectivity index (χ3n) is 4.60. The first kappa shape index (κ1) is 17.8. The maximum absolute atomic E-state index is 15.1. The molecule has 11 heteroatoms. The summed E-state index contributed by atoms with van der Waals surface area (Å²) in [5.41, 5.74) is -0.0178. The van der Waals surface area contributed by atoms with E-state index in [1.807, 2.05) is 0 Å². The lowest BCUT2D eigenvalue weighted by Crippen LogP contribution is -2.23. The third-order valence-corrected chi connectivity index (χ3v) is 5.72. The molecule has 0 bridgehead atoms. The van der Waals surface area contributed by atoms with E-state index in [4.69, 9.17) is 0 Å². The van der Waals surface area contributed by atoms with Gasteiger partial charge >= 0.3 is 0 Å². The molecule has 2 aromatic rings. The number of alkyl halides is 2. The number of aromatic nitrogens is 2. The van der Waals surface area contributed by atoms with Crippen molar-refractivity contribution < 1.29 is 27.3 Å². The number of amides is 1. The van der Waals surface area contributed by atoms with Crippen LogP contribution in [0.2, 0.25) is 0 Å². The number of anilines is 1. The second-order valence-electron chi connectivity index (χ2n) is 6.39. The molecule has 0 spiro atoms. The van der Waals surface area contributed by atoms with E-state index in [1.54, 1.807) is 6.92 Å². The van der Waals surface area contributed by atoms with E-state index in [0.29, 0.717) is 12.2 Å². The number of hydrogen-bond donors (Lipinski definition) is 2. The number of nitrogens with one attached hydrogen (secondary N) is 1. The van der Waals surface area contributed by atoms with E-state index in [-0.39, 0.29) is 24.2 Å². The minimum absolute atomic E-state index is 0.0448. The van der Waals surface area contributed by atoms with Crippen molar-refractivity contribution in [3.05, 3.63) is 29.7 Å². The van der Waals surface area contributed by atoms with Crippen molar-refractivity contribution in [3.63, 3.8) is 0 Å². The fraction of sp³-hybridized carbons (Fsp3) is 0.375. The van der Waals surface area contributed by atoms with Crippen LogP contribution in [0.3, 0.4) is 0 Å². The van der Waals surface area contributed by atoms with Gasteiger partial charge in [-0.2, -0.15) is 5.10 Å². The molecule has 1 aromatic carbocycles. The van der Waals surface area contributed by atoms with E-state index in [2.05, 4.69) is 9.82 Å². The first-order chi connectivity index (χ1) is 12.7. The van der Waals surface area contributed by atoms with Gasteiger partial charge in [0.2, 0.25) is 11.2 Å². The van der Waals surface area contributed by atoms with E-state index >= 15 is 4.39 Å². The number of halogens is 3. The molecule has 1 amide bonds. The number of carbonyl (C=O) groups is 1. The zero-order valence-corrected chi connectivity index (χ0v) is 14.9. The van der Waals surface area contributed by atoms with Crippen LogP contribution in [0.5, 0.6) is 5.75 Å². The number of rotatable bonds is 4. The minimum atomic E-state index is -2.79. The maximum atomic E-state index is 15.1. The lowest BCUT2D eigenvalue weighted by Gasteiger charge is -2.17. The summed E-state index contributed by atoms with van der Waals surface area (Å²) in [7, 11) is 0. The Bertz CT molecular complexity index is 978. The molecule has 2 unspecified atom stereocenters. The molecule has 2 atom stereocenters. The molecule has 2 fully saturated rings. The molecule has 4 rings (SSSR count). The monoisotopic (exact) mass is 400 g/mol. The van der Waals surface area contributed by atoms with E-state index in [9.17, 15) is 22.9 Å². The Morgan fingerprint density at radius 2 is 2.15 bits per heavy atom. The zero-order chi connectivity index (χ0) is 19.5. The van der Waals surface area contributed by atoms with Gasteiger partial charge in [-0.15, -0.1) is 0 Å². The molecule has 1 saturated carbocycles. The molecule has 1 aliphatic heterocycles. The Labute approximate surface area is 154 Å². The van der Waals surface area contributed by atoms with Gasteiger partial charge in [0.25, 0.3) is 11.8 Å². The predicted molar refractivity (Wildman–Crippen MR) is 90.9 cm³/mol. The molecule has 7 nitrogen and oxygen atoms in total. The van der Waals surface area contributed by atoms with Crippen molar-refractivity contribution >= 4 is 22.8 Å². The summed E-state index contributed by atoms with van der Waals surface area (Å²) >= 11 is -2.03. The summed E-state index contributed by atoms with van der Waals surface area (Å²) in [5.74, 6) is -5.75. The molecule has 1 saturated heterocycles. The van der Waals surface area contributed by atoms with E-state index < -0.39 is 46.2 Å². The highest BCUT2D eigenvalue weighted by Crippen LogP contribution is 2.56. The average molecular weight is 400 g/mol. The number of nitrogens with zero attached hydrogens (tertiary/aromatic N) is 3. The normalized spacial score (nSPS) is 23.6. The highest BCUT2D eigenvalue weighted by molar-refractivity contribution is 7.85. The lowest BCUT2D eigenvalue weighted by atomic mass is 10.1. The number of phenolic OH excluding ortho intramolecular Hbond substituents is 1. The molecular formula is C16H15F3N4O3S. The van der Waals surface area contributed by atoms with E-state index in [0.717, 1.165) is 4.31 Å². The smallest absolute Gasteiger partial charge is 0.257 e. The van der Waals surface area contributed by atoms with Crippen molar-refractivity contribution in [3.8, 4) is 17.0 Å². The van der Waals surface area contributed by atoms with Crippen LogP contribution in [0, 0.1) is 5.82 Å². The Hall–Kier alpha value is -2.56. The summed E-state index contributed by atoms with van der Waals surface area (Å²) in [6.07, 6.45) is -0.276. The number of aromatic hydroxyl groups is 1. The fourth-order valence-electron chi connectivity index (χ4n) is 3.16. The maximum Gasteiger partial charge on any atom is 0.257 e. The number of benzene rings is 1. The molecular weight excluding hydrogens is 385 g/mol. The largest absolute Gasteiger partial charge is 0.506 e. The topological polar surface area (TPSA) is 87.5 Å². The number of aryl methyl sites for hydroxylation is 1. The molecule has 1 aliphatic carbocycles. The molecule has 1 aromatic heterocycles. The Morgan fingerprint density at radius 3 is 2.70 bits per heavy atom. The fourth-order valence-corrected chi connectivity index (χ4v) is 4.10. The minimum Gasteiger partial charge on any atom is -0.506 e. The second kappa shape index (κ2) is 5.98. The summed E-state index contributed by atoms with van der Waals surface area (Å²) in [6, 6.07) is 3.85. The van der Waals surface area contributed by atoms with Gasteiger partial charge < -0.3 is 5.11 Å². The van der Waals surface area contributed by atoms with Crippen molar-refractivity contribution in [1.82, 2.24) is 14.5 Å². The van der Waals surface area contributed by atoms with Gasteiger partial charge in [0.1, 0.15) is 18.0 Å². The Balaban J connectivity index is 1.78. The highest BCUT2D eigenvalue weighted by atomic mass is 32.2. The van der Waals surface area contributed by atoms with Crippen molar-refractivity contribution in [2.75, 3.05) is 10.8 Å². The van der Waals surface area contributed by atoms with Crippen LogP contribution < -0.4 is 9.03 Å². The van der Waals surface area contributed by atoms with Crippen LogP contribution in [-0.2, 0) is 22.5 Å². The Kier molecular flexibility index (Phi) is 3.95. The predicted octanol–water partition coefficient (Wildman–Crippen LogP) is 2.05. The molecule has 27 heavy (non-hydrogen) atoms. The summed E-state index contributed by atoms with van der Waals surface area (Å²) < 4.78 is 58.4. The molecule has 2 aliphatic rings. The first-order valence-electron chi connectivity index (χ1n) is 8.19. The molecule has 2 heterocycles. The van der Waals surface area contributed by atoms with Crippen molar-refractivity contribution in [2.24, 2.45) is 0 Å². The van der Waals surface area contributed by atoms with Gasteiger partial charge in [-0.3, -0.25) is 18.5 Å². The lowest BCUT2D eigenvalue weighted by molar-refractivity contribution is -0.117. The van der Waals surface area contributed by atoms with Crippen LogP contribution in [0.25, 0.3) is 11.3 Å². The second-order valence-corrected chi connectivity index (χ2v) is 7.54. The van der Waals surface area contributed by atoms with Gasteiger partial charge in [0, 0.05) is 24.2 Å². The summed E-state index contributed by atoms with van der Waals surface area (Å²) in [4.78, 5) is 11.4. The number of phenols is 1. The SMILES string of the molecule is CCn1nc(-c2ccc(O)c(N3CC(=O)NS3=O)c2F)cc1C1CC1(F)F. The Morgan fingerprint density at radius 1 is 1.44 bits per heavy atom. The third kappa shape index (κ3) is 2.85. The summed E-state index contributed by atoms with van der Waals surface area (Å²) in [6.45, 7) is 1.69. The molecule has 144 valence electrons. The van der Waals surface area contributed by atoms with Crippen LogP contribution in [-0.4, -0.2) is 37.5 Å². The van der Waals surface area contributed by atoms with Gasteiger partial charge in [-0.25, -0.2) is 17.4 Å². The first-order valence-corrected chi connectivity index (χ1v) is 9.30. The molecule has 2 N–H and O–H groups in total. The van der Waals surface area contributed by atoms with Gasteiger partial charge in [0.05, 0.1) is 11.6 Å². The summed E-state index contributed by atoms with van der Waals surface area (Å²) in [5, 5.41) is 14.2.